The average Bonchev–Trinajstić information content (AvgIpc) is 2.52. The Hall–Kier alpha value is -2.11. The first-order valence-electron chi connectivity index (χ1n) is 7.86. The topological polar surface area (TPSA) is 118 Å². The van der Waals surface area contributed by atoms with Crippen LogP contribution in [0.25, 0.3) is 0 Å². The van der Waals surface area contributed by atoms with Gasteiger partial charge in [-0.25, -0.2) is 4.79 Å². The minimum Gasteiger partial charge on any atom is -0.444 e. The van der Waals surface area contributed by atoms with Gasteiger partial charge in [0.05, 0.1) is 4.92 Å². The molecule has 1 amide bonds. The Balaban J connectivity index is 0.00000625. The zero-order chi connectivity index (χ0) is 18.9. The largest absolute Gasteiger partial charge is 0.444 e. The molecular formula is C16H26IN5O4. The summed E-state index contributed by atoms with van der Waals surface area (Å²) in [5, 5.41) is 19.5. The molecule has 0 heterocycles. The Bertz CT molecular complexity index is 631. The molecule has 1 rings (SSSR count). The third-order valence-electron chi connectivity index (χ3n) is 2.89. The van der Waals surface area contributed by atoms with Gasteiger partial charge in [-0.15, -0.1) is 24.0 Å². The van der Waals surface area contributed by atoms with E-state index in [1.807, 2.05) is 0 Å². The number of guanidine groups is 1. The second kappa shape index (κ2) is 11.5. The van der Waals surface area contributed by atoms with E-state index in [9.17, 15) is 14.9 Å². The molecule has 3 N–H and O–H groups in total. The Kier molecular flexibility index (Phi) is 10.6. The number of ether oxygens (including phenoxy) is 1. The van der Waals surface area contributed by atoms with Crippen LogP contribution in [0.5, 0.6) is 0 Å². The quantitative estimate of drug-likeness (QED) is 0.144. The zero-order valence-corrected chi connectivity index (χ0v) is 17.7. The van der Waals surface area contributed by atoms with Crippen molar-refractivity contribution < 1.29 is 14.5 Å². The number of hydrogen-bond acceptors (Lipinski definition) is 5. The van der Waals surface area contributed by atoms with Gasteiger partial charge in [0.1, 0.15) is 5.60 Å². The highest BCUT2D eigenvalue weighted by Crippen LogP contribution is 2.12. The van der Waals surface area contributed by atoms with E-state index in [1.54, 1.807) is 40.0 Å². The van der Waals surface area contributed by atoms with Crippen LogP contribution in [0.1, 0.15) is 26.3 Å². The predicted octanol–water partition coefficient (Wildman–Crippen LogP) is 2.40. The van der Waals surface area contributed by atoms with E-state index in [-0.39, 0.29) is 29.7 Å². The summed E-state index contributed by atoms with van der Waals surface area (Å²) < 4.78 is 5.13. The predicted molar refractivity (Wildman–Crippen MR) is 111 cm³/mol. The molecule has 0 aliphatic carbocycles. The molecule has 0 spiro atoms. The highest BCUT2D eigenvalue weighted by molar-refractivity contribution is 14.0. The highest BCUT2D eigenvalue weighted by Gasteiger charge is 2.15. The first-order valence-corrected chi connectivity index (χ1v) is 7.86. The van der Waals surface area contributed by atoms with Gasteiger partial charge in [-0.3, -0.25) is 15.1 Å². The number of alkyl carbamates (subject to hydrolysis) is 1. The maximum atomic E-state index is 11.5. The SMILES string of the molecule is CN=C(NCCNC(=O)OC(C)(C)C)NCc1cccc([N+](=O)[O-])c1.I. The fourth-order valence-electron chi connectivity index (χ4n) is 1.85. The van der Waals surface area contributed by atoms with E-state index in [1.165, 1.54) is 12.1 Å². The van der Waals surface area contributed by atoms with Crippen LogP contribution in [0.4, 0.5) is 10.5 Å². The van der Waals surface area contributed by atoms with E-state index in [0.717, 1.165) is 5.56 Å². The van der Waals surface area contributed by atoms with E-state index < -0.39 is 16.6 Å². The molecule has 0 aliphatic rings. The third-order valence-corrected chi connectivity index (χ3v) is 2.89. The number of nitro groups is 1. The molecule has 0 saturated heterocycles. The lowest BCUT2D eigenvalue weighted by molar-refractivity contribution is -0.384. The van der Waals surface area contributed by atoms with Crippen LogP contribution in [0.2, 0.25) is 0 Å². The van der Waals surface area contributed by atoms with Crippen molar-refractivity contribution in [2.45, 2.75) is 32.9 Å². The number of carbonyl (C=O) groups is 1. The molecule has 0 aromatic heterocycles. The Morgan fingerprint density at radius 2 is 1.88 bits per heavy atom. The van der Waals surface area contributed by atoms with Crippen molar-refractivity contribution in [3.8, 4) is 0 Å². The summed E-state index contributed by atoms with van der Waals surface area (Å²) in [5.74, 6) is 0.525. The van der Waals surface area contributed by atoms with Gasteiger partial charge < -0.3 is 20.7 Å². The van der Waals surface area contributed by atoms with Crippen LogP contribution in [0, 0.1) is 10.1 Å². The number of benzene rings is 1. The number of amides is 1. The molecule has 0 atom stereocenters. The van der Waals surface area contributed by atoms with Crippen molar-refractivity contribution in [2.75, 3.05) is 20.1 Å². The number of rotatable bonds is 6. The van der Waals surface area contributed by atoms with E-state index in [4.69, 9.17) is 4.74 Å². The Morgan fingerprint density at radius 1 is 1.23 bits per heavy atom. The van der Waals surface area contributed by atoms with Gasteiger partial charge in [0, 0.05) is 38.8 Å². The lowest BCUT2D eigenvalue weighted by atomic mass is 10.2. The summed E-state index contributed by atoms with van der Waals surface area (Å²) in [4.78, 5) is 25.9. The van der Waals surface area contributed by atoms with E-state index in [2.05, 4.69) is 20.9 Å². The summed E-state index contributed by atoms with van der Waals surface area (Å²) in [6.45, 7) is 6.60. The number of hydrogen-bond donors (Lipinski definition) is 3. The Labute approximate surface area is 170 Å². The van der Waals surface area contributed by atoms with Crippen molar-refractivity contribution in [3.63, 3.8) is 0 Å². The second-order valence-corrected chi connectivity index (χ2v) is 6.21. The molecule has 1 aromatic carbocycles. The van der Waals surface area contributed by atoms with Gasteiger partial charge in [0.2, 0.25) is 0 Å². The first-order chi connectivity index (χ1) is 11.7. The number of non-ortho nitro benzene ring substituents is 1. The molecular weight excluding hydrogens is 453 g/mol. The van der Waals surface area contributed by atoms with Gasteiger partial charge in [-0.2, -0.15) is 0 Å². The molecule has 10 heteroatoms. The lowest BCUT2D eigenvalue weighted by Gasteiger charge is -2.19. The second-order valence-electron chi connectivity index (χ2n) is 6.21. The highest BCUT2D eigenvalue weighted by atomic mass is 127. The molecule has 146 valence electrons. The monoisotopic (exact) mass is 479 g/mol. The van der Waals surface area contributed by atoms with Crippen LogP contribution in [-0.2, 0) is 11.3 Å². The molecule has 9 nitrogen and oxygen atoms in total. The smallest absolute Gasteiger partial charge is 0.407 e. The third kappa shape index (κ3) is 10.0. The van der Waals surface area contributed by atoms with Gasteiger partial charge in [-0.1, -0.05) is 12.1 Å². The maximum Gasteiger partial charge on any atom is 0.407 e. The zero-order valence-electron chi connectivity index (χ0n) is 15.4. The van der Waals surface area contributed by atoms with Crippen molar-refractivity contribution in [1.29, 1.82) is 0 Å². The minimum absolute atomic E-state index is 0. The van der Waals surface area contributed by atoms with Crippen LogP contribution < -0.4 is 16.0 Å². The number of carbonyl (C=O) groups excluding carboxylic acids is 1. The Morgan fingerprint density at radius 3 is 2.46 bits per heavy atom. The fourth-order valence-corrected chi connectivity index (χ4v) is 1.85. The van der Waals surface area contributed by atoms with Gasteiger partial charge in [-0.05, 0) is 26.3 Å². The van der Waals surface area contributed by atoms with Crippen molar-refractivity contribution >= 4 is 41.7 Å². The molecule has 0 bridgehead atoms. The van der Waals surface area contributed by atoms with Crippen LogP contribution >= 0.6 is 24.0 Å². The minimum atomic E-state index is -0.534. The van der Waals surface area contributed by atoms with E-state index in [0.29, 0.717) is 25.6 Å². The summed E-state index contributed by atoms with van der Waals surface area (Å²) in [5.41, 5.74) is 0.278. The van der Waals surface area contributed by atoms with Crippen LogP contribution in [-0.4, -0.2) is 42.7 Å². The molecule has 0 fully saturated rings. The number of nitrogens with one attached hydrogen (secondary N) is 3. The van der Waals surface area contributed by atoms with Gasteiger partial charge in [0.15, 0.2) is 5.96 Å². The number of halogens is 1. The number of nitro benzene ring substituents is 1. The van der Waals surface area contributed by atoms with Crippen molar-refractivity contribution in [2.24, 2.45) is 4.99 Å². The van der Waals surface area contributed by atoms with Crippen LogP contribution in [0.15, 0.2) is 29.3 Å². The normalized spacial score (nSPS) is 11.2. The number of aliphatic imine (C=N–C) groups is 1. The summed E-state index contributed by atoms with van der Waals surface area (Å²) in [7, 11) is 1.62. The molecule has 26 heavy (non-hydrogen) atoms. The molecule has 0 aliphatic heterocycles. The summed E-state index contributed by atoms with van der Waals surface area (Å²) >= 11 is 0. The lowest BCUT2D eigenvalue weighted by Crippen LogP contribution is -2.42. The van der Waals surface area contributed by atoms with Crippen LogP contribution in [0.3, 0.4) is 0 Å². The van der Waals surface area contributed by atoms with E-state index >= 15 is 0 Å². The fraction of sp³-hybridized carbons (Fsp3) is 0.500. The molecule has 1 aromatic rings. The molecule has 0 unspecified atom stereocenters. The van der Waals surface area contributed by atoms with Gasteiger partial charge in [0.25, 0.3) is 5.69 Å². The average molecular weight is 479 g/mol. The number of nitrogens with zero attached hydrogens (tertiary/aromatic N) is 2. The first kappa shape index (κ1) is 23.9. The summed E-state index contributed by atoms with van der Waals surface area (Å²) in [6, 6.07) is 6.37. The van der Waals surface area contributed by atoms with Crippen molar-refractivity contribution in [3.05, 3.63) is 39.9 Å². The standard InChI is InChI=1S/C16H25N5O4.HI/c1-16(2,3)25-15(22)19-9-8-18-14(17-4)20-11-12-6-5-7-13(10-12)21(23)24;/h5-7,10H,8-9,11H2,1-4H3,(H,19,22)(H2,17,18,20);1H. The summed E-state index contributed by atoms with van der Waals surface area (Å²) in [6.07, 6.45) is -0.478. The van der Waals surface area contributed by atoms with Crippen molar-refractivity contribution in [1.82, 2.24) is 16.0 Å². The molecule has 0 saturated carbocycles. The maximum absolute atomic E-state index is 11.5. The molecule has 0 radical (unpaired) electrons. The van der Waals surface area contributed by atoms with Gasteiger partial charge >= 0.3 is 6.09 Å².